The van der Waals surface area contributed by atoms with E-state index < -0.39 is 11.7 Å². The standard InChI is InChI=1S/C15H20N4O2/c1-15(2,3)21-14(20)17-9-8-16-13-10-18-11-6-4-5-7-12(11)19-13/h4-7,10H,8-9H2,1-3H3,(H,16,19)(H,17,20). The summed E-state index contributed by atoms with van der Waals surface area (Å²) in [7, 11) is 0. The number of alkyl carbamates (subject to hydrolysis) is 1. The highest BCUT2D eigenvalue weighted by Crippen LogP contribution is 2.10. The number of nitrogens with one attached hydrogen (secondary N) is 2. The fourth-order valence-corrected chi connectivity index (χ4v) is 1.71. The summed E-state index contributed by atoms with van der Waals surface area (Å²) in [5.41, 5.74) is 1.21. The summed E-state index contributed by atoms with van der Waals surface area (Å²) in [6.07, 6.45) is 1.25. The van der Waals surface area contributed by atoms with Gasteiger partial charge in [-0.05, 0) is 32.9 Å². The molecule has 6 heteroatoms. The highest BCUT2D eigenvalue weighted by molar-refractivity contribution is 5.75. The van der Waals surface area contributed by atoms with E-state index in [2.05, 4.69) is 20.6 Å². The summed E-state index contributed by atoms with van der Waals surface area (Å²) >= 11 is 0. The first-order chi connectivity index (χ1) is 9.94. The first-order valence-electron chi connectivity index (χ1n) is 6.86. The monoisotopic (exact) mass is 288 g/mol. The van der Waals surface area contributed by atoms with Gasteiger partial charge in [0.2, 0.25) is 0 Å². The lowest BCUT2D eigenvalue weighted by Gasteiger charge is -2.19. The van der Waals surface area contributed by atoms with E-state index in [-0.39, 0.29) is 0 Å². The minimum absolute atomic E-state index is 0.422. The molecule has 0 aliphatic heterocycles. The third-order valence-corrected chi connectivity index (χ3v) is 2.55. The van der Waals surface area contributed by atoms with Crippen LogP contribution < -0.4 is 10.6 Å². The lowest BCUT2D eigenvalue weighted by Crippen LogP contribution is -2.35. The normalized spacial score (nSPS) is 11.2. The maximum Gasteiger partial charge on any atom is 0.407 e. The Morgan fingerprint density at radius 3 is 2.62 bits per heavy atom. The van der Waals surface area contributed by atoms with Gasteiger partial charge in [0.25, 0.3) is 0 Å². The van der Waals surface area contributed by atoms with Gasteiger partial charge in [-0.2, -0.15) is 0 Å². The average molecular weight is 288 g/mol. The zero-order valence-corrected chi connectivity index (χ0v) is 12.5. The van der Waals surface area contributed by atoms with E-state index in [0.29, 0.717) is 18.9 Å². The Morgan fingerprint density at radius 2 is 1.90 bits per heavy atom. The molecule has 2 N–H and O–H groups in total. The Bertz CT molecular complexity index is 622. The van der Waals surface area contributed by atoms with Gasteiger partial charge in [0.1, 0.15) is 11.4 Å². The van der Waals surface area contributed by atoms with Gasteiger partial charge in [-0.3, -0.25) is 4.98 Å². The number of carbonyl (C=O) groups is 1. The van der Waals surface area contributed by atoms with Crippen molar-refractivity contribution in [2.45, 2.75) is 26.4 Å². The van der Waals surface area contributed by atoms with E-state index in [0.717, 1.165) is 11.0 Å². The fraction of sp³-hybridized carbons (Fsp3) is 0.400. The summed E-state index contributed by atoms with van der Waals surface area (Å²) in [5, 5.41) is 5.79. The van der Waals surface area contributed by atoms with E-state index in [1.165, 1.54) is 0 Å². The number of rotatable bonds is 4. The van der Waals surface area contributed by atoms with Crippen molar-refractivity contribution in [1.82, 2.24) is 15.3 Å². The lowest BCUT2D eigenvalue weighted by molar-refractivity contribution is 0.0530. The molecule has 0 saturated heterocycles. The molecule has 0 fully saturated rings. The molecular formula is C15H20N4O2. The van der Waals surface area contributed by atoms with Crippen LogP contribution in [0.4, 0.5) is 10.6 Å². The second-order valence-electron chi connectivity index (χ2n) is 5.60. The summed E-state index contributed by atoms with van der Waals surface area (Å²) in [5.74, 6) is 0.680. The predicted octanol–water partition coefficient (Wildman–Crippen LogP) is 2.57. The minimum atomic E-state index is -0.485. The third kappa shape index (κ3) is 4.91. The van der Waals surface area contributed by atoms with E-state index in [1.807, 2.05) is 45.0 Å². The molecule has 0 atom stereocenters. The summed E-state index contributed by atoms with van der Waals surface area (Å²) < 4.78 is 5.14. The molecule has 6 nitrogen and oxygen atoms in total. The average Bonchev–Trinajstić information content (AvgIpc) is 2.41. The van der Waals surface area contributed by atoms with Gasteiger partial charge in [0.05, 0.1) is 17.2 Å². The number of amides is 1. The Balaban J connectivity index is 1.79. The number of anilines is 1. The zero-order valence-electron chi connectivity index (χ0n) is 12.5. The van der Waals surface area contributed by atoms with Crippen LogP contribution in [0, 0.1) is 0 Å². The van der Waals surface area contributed by atoms with Crippen LogP contribution in [0.5, 0.6) is 0 Å². The minimum Gasteiger partial charge on any atom is -0.444 e. The van der Waals surface area contributed by atoms with Crippen molar-refractivity contribution >= 4 is 22.9 Å². The van der Waals surface area contributed by atoms with Crippen molar-refractivity contribution in [2.75, 3.05) is 18.4 Å². The Hall–Kier alpha value is -2.37. The van der Waals surface area contributed by atoms with E-state index in [1.54, 1.807) is 6.20 Å². The van der Waals surface area contributed by atoms with Crippen LogP contribution in [0.25, 0.3) is 11.0 Å². The maximum atomic E-state index is 11.5. The van der Waals surface area contributed by atoms with Crippen LogP contribution >= 0.6 is 0 Å². The molecule has 0 unspecified atom stereocenters. The van der Waals surface area contributed by atoms with Crippen molar-refractivity contribution in [3.63, 3.8) is 0 Å². The zero-order chi connectivity index (χ0) is 15.3. The van der Waals surface area contributed by atoms with Gasteiger partial charge in [-0.1, -0.05) is 12.1 Å². The molecule has 0 bridgehead atoms. The van der Waals surface area contributed by atoms with Gasteiger partial charge in [-0.25, -0.2) is 9.78 Å². The number of benzene rings is 1. The summed E-state index contributed by atoms with van der Waals surface area (Å²) in [4.78, 5) is 20.2. The van der Waals surface area contributed by atoms with Crippen molar-refractivity contribution in [2.24, 2.45) is 0 Å². The SMILES string of the molecule is CC(C)(C)OC(=O)NCCNc1cnc2ccccc2n1. The smallest absolute Gasteiger partial charge is 0.407 e. The molecule has 21 heavy (non-hydrogen) atoms. The van der Waals surface area contributed by atoms with Crippen molar-refractivity contribution in [3.05, 3.63) is 30.5 Å². The van der Waals surface area contributed by atoms with Crippen LogP contribution in [0.15, 0.2) is 30.5 Å². The number of hydrogen-bond acceptors (Lipinski definition) is 5. The van der Waals surface area contributed by atoms with Gasteiger partial charge in [0.15, 0.2) is 0 Å². The number of hydrogen-bond donors (Lipinski definition) is 2. The molecule has 0 aliphatic carbocycles. The molecule has 0 aliphatic rings. The number of para-hydroxylation sites is 2. The molecule has 1 aromatic heterocycles. The first kappa shape index (κ1) is 15.0. The lowest BCUT2D eigenvalue weighted by atomic mass is 10.2. The van der Waals surface area contributed by atoms with Crippen molar-refractivity contribution < 1.29 is 9.53 Å². The molecule has 0 spiro atoms. The molecule has 2 rings (SSSR count). The Labute approximate surface area is 123 Å². The second-order valence-corrected chi connectivity index (χ2v) is 5.60. The summed E-state index contributed by atoms with van der Waals surface area (Å²) in [6, 6.07) is 7.67. The number of ether oxygens (including phenoxy) is 1. The van der Waals surface area contributed by atoms with E-state index in [4.69, 9.17) is 4.74 Å². The van der Waals surface area contributed by atoms with E-state index in [9.17, 15) is 4.79 Å². The van der Waals surface area contributed by atoms with Crippen molar-refractivity contribution in [1.29, 1.82) is 0 Å². The fourth-order valence-electron chi connectivity index (χ4n) is 1.71. The Kier molecular flexibility index (Phi) is 4.57. The quantitative estimate of drug-likeness (QED) is 0.846. The maximum absolute atomic E-state index is 11.5. The molecule has 1 aromatic carbocycles. The van der Waals surface area contributed by atoms with Gasteiger partial charge >= 0.3 is 6.09 Å². The third-order valence-electron chi connectivity index (χ3n) is 2.55. The van der Waals surface area contributed by atoms with Crippen molar-refractivity contribution in [3.8, 4) is 0 Å². The van der Waals surface area contributed by atoms with E-state index >= 15 is 0 Å². The first-order valence-corrected chi connectivity index (χ1v) is 6.86. The molecule has 112 valence electrons. The summed E-state index contributed by atoms with van der Waals surface area (Å²) in [6.45, 7) is 6.48. The number of fused-ring (bicyclic) bond motifs is 1. The van der Waals surface area contributed by atoms with Crippen LogP contribution in [0.1, 0.15) is 20.8 Å². The molecule has 2 aromatic rings. The topological polar surface area (TPSA) is 76.1 Å². The molecule has 0 saturated carbocycles. The van der Waals surface area contributed by atoms with Gasteiger partial charge < -0.3 is 15.4 Å². The molecule has 1 amide bonds. The van der Waals surface area contributed by atoms with Crippen LogP contribution in [-0.2, 0) is 4.74 Å². The van der Waals surface area contributed by atoms with Gasteiger partial charge in [0, 0.05) is 13.1 Å². The number of nitrogens with zero attached hydrogens (tertiary/aromatic N) is 2. The highest BCUT2D eigenvalue weighted by atomic mass is 16.6. The highest BCUT2D eigenvalue weighted by Gasteiger charge is 2.15. The number of aromatic nitrogens is 2. The van der Waals surface area contributed by atoms with Crippen LogP contribution in [0.3, 0.4) is 0 Å². The second kappa shape index (κ2) is 6.39. The molecule has 0 radical (unpaired) electrons. The largest absolute Gasteiger partial charge is 0.444 e. The molecule has 1 heterocycles. The van der Waals surface area contributed by atoms with Crippen LogP contribution in [-0.4, -0.2) is 34.8 Å². The Morgan fingerprint density at radius 1 is 1.19 bits per heavy atom. The number of carbonyl (C=O) groups excluding carboxylic acids is 1. The van der Waals surface area contributed by atoms with Crippen LogP contribution in [0.2, 0.25) is 0 Å². The van der Waals surface area contributed by atoms with Gasteiger partial charge in [-0.15, -0.1) is 0 Å². The predicted molar refractivity (Wildman–Crippen MR) is 82.3 cm³/mol. The molecular weight excluding hydrogens is 268 g/mol.